The molecular weight excluding hydrogens is 256 g/mol. The molecule has 1 atom stereocenters. The van der Waals surface area contributed by atoms with Gasteiger partial charge in [0.05, 0.1) is 8.07 Å². The average Bonchev–Trinajstić information content (AvgIpc) is 2.29. The minimum absolute atomic E-state index is 0.304. The van der Waals surface area contributed by atoms with Crippen LogP contribution >= 0.6 is 0 Å². The van der Waals surface area contributed by atoms with E-state index in [1.54, 1.807) is 0 Å². The van der Waals surface area contributed by atoms with Crippen molar-refractivity contribution in [1.82, 2.24) is 0 Å². The molecule has 0 unspecified atom stereocenters. The predicted molar refractivity (Wildman–Crippen MR) is 98.2 cm³/mol. The minimum Gasteiger partial charge on any atom is -0.103 e. The minimum atomic E-state index is -1.75. The highest BCUT2D eigenvalue weighted by molar-refractivity contribution is 6.88. The predicted octanol–water partition coefficient (Wildman–Crippen LogP) is 7.13. The molecule has 0 N–H and O–H groups in total. The van der Waals surface area contributed by atoms with Crippen LogP contribution in [-0.2, 0) is 0 Å². The molecule has 20 heavy (non-hydrogen) atoms. The van der Waals surface area contributed by atoms with Crippen LogP contribution < -0.4 is 0 Å². The molecule has 0 bridgehead atoms. The van der Waals surface area contributed by atoms with Crippen molar-refractivity contribution in [2.24, 2.45) is 0 Å². The molecule has 0 fully saturated rings. The molecule has 0 aromatic carbocycles. The lowest BCUT2D eigenvalue weighted by Gasteiger charge is -2.58. The Labute approximate surface area is 129 Å². The van der Waals surface area contributed by atoms with Crippen molar-refractivity contribution in [3.05, 3.63) is 38.0 Å². The van der Waals surface area contributed by atoms with Gasteiger partial charge in [0.2, 0.25) is 0 Å². The summed E-state index contributed by atoms with van der Waals surface area (Å²) >= 11 is 0. The molecule has 116 valence electrons. The molecule has 0 aromatic rings. The average molecular weight is 293 g/mol. The van der Waals surface area contributed by atoms with E-state index in [9.17, 15) is 0 Å². The SMILES string of the molecule is C=CCC[C@H](C)[Si](C(C=C)C=C)(C(C)(C)C)C(C)(C)C. The largest absolute Gasteiger partial charge is 0.103 e. The van der Waals surface area contributed by atoms with Crippen LogP contribution in [0.25, 0.3) is 0 Å². The number of allylic oxidation sites excluding steroid dienone is 3. The number of rotatable bonds is 7. The van der Waals surface area contributed by atoms with E-state index in [-0.39, 0.29) is 0 Å². The monoisotopic (exact) mass is 292 g/mol. The molecule has 0 aliphatic rings. The van der Waals surface area contributed by atoms with E-state index < -0.39 is 8.07 Å². The fourth-order valence-corrected chi connectivity index (χ4v) is 14.2. The molecule has 1 heteroatoms. The van der Waals surface area contributed by atoms with Crippen LogP contribution in [0.15, 0.2) is 38.0 Å². The van der Waals surface area contributed by atoms with E-state index in [1.807, 2.05) is 0 Å². The van der Waals surface area contributed by atoms with Crippen molar-refractivity contribution in [2.45, 2.75) is 82.5 Å². The highest BCUT2D eigenvalue weighted by Crippen LogP contribution is 2.63. The second-order valence-electron chi connectivity index (χ2n) is 8.13. The summed E-state index contributed by atoms with van der Waals surface area (Å²) in [6.45, 7) is 29.2. The van der Waals surface area contributed by atoms with Crippen LogP contribution in [0.4, 0.5) is 0 Å². The van der Waals surface area contributed by atoms with Crippen LogP contribution in [0, 0.1) is 0 Å². The molecule has 0 rings (SSSR count). The Morgan fingerprint density at radius 1 is 0.900 bits per heavy atom. The first-order valence-electron chi connectivity index (χ1n) is 7.86. The van der Waals surface area contributed by atoms with Gasteiger partial charge in [0.25, 0.3) is 0 Å². The highest BCUT2D eigenvalue weighted by Gasteiger charge is 2.58. The topological polar surface area (TPSA) is 0 Å². The molecule has 0 saturated heterocycles. The van der Waals surface area contributed by atoms with Gasteiger partial charge in [0.15, 0.2) is 0 Å². The van der Waals surface area contributed by atoms with Gasteiger partial charge in [-0.2, -0.15) is 0 Å². The first-order chi connectivity index (χ1) is 9.00. The summed E-state index contributed by atoms with van der Waals surface area (Å²) in [5, 5.41) is 0.609. The summed E-state index contributed by atoms with van der Waals surface area (Å²) in [4.78, 5) is 0. The van der Waals surface area contributed by atoms with E-state index in [0.717, 1.165) is 6.42 Å². The summed E-state index contributed by atoms with van der Waals surface area (Å²) in [5.74, 6) is 0. The Hall–Kier alpha value is -0.563. The molecule has 0 nitrogen and oxygen atoms in total. The van der Waals surface area contributed by atoms with Gasteiger partial charge >= 0.3 is 0 Å². The molecule has 0 radical (unpaired) electrons. The fourth-order valence-electron chi connectivity index (χ4n) is 5.00. The van der Waals surface area contributed by atoms with E-state index in [0.29, 0.717) is 21.2 Å². The van der Waals surface area contributed by atoms with Crippen LogP contribution in [0.2, 0.25) is 21.2 Å². The van der Waals surface area contributed by atoms with Gasteiger partial charge in [-0.1, -0.05) is 66.7 Å². The van der Waals surface area contributed by atoms with Crippen molar-refractivity contribution in [3.8, 4) is 0 Å². The molecule has 0 saturated carbocycles. The van der Waals surface area contributed by atoms with Gasteiger partial charge in [0, 0.05) is 0 Å². The lowest BCUT2D eigenvalue weighted by Crippen LogP contribution is -2.57. The molecule has 0 aliphatic heterocycles. The summed E-state index contributed by atoms with van der Waals surface area (Å²) in [7, 11) is -1.75. The second kappa shape index (κ2) is 6.93. The zero-order chi connectivity index (χ0) is 16.2. The van der Waals surface area contributed by atoms with Gasteiger partial charge in [0.1, 0.15) is 0 Å². The molecule has 0 spiro atoms. The smallest absolute Gasteiger partial charge is 0.0782 e. The quantitative estimate of drug-likeness (QED) is 0.346. The van der Waals surface area contributed by atoms with Gasteiger partial charge < -0.3 is 0 Å². The lowest BCUT2D eigenvalue weighted by atomic mass is 10.2. The van der Waals surface area contributed by atoms with Gasteiger partial charge in [-0.25, -0.2) is 0 Å². The third kappa shape index (κ3) is 3.36. The molecule has 0 aliphatic carbocycles. The van der Waals surface area contributed by atoms with Crippen LogP contribution in [0.5, 0.6) is 0 Å². The van der Waals surface area contributed by atoms with Crippen LogP contribution in [0.3, 0.4) is 0 Å². The normalized spacial score (nSPS) is 15.0. The van der Waals surface area contributed by atoms with E-state index in [1.165, 1.54) is 6.42 Å². The zero-order valence-electron chi connectivity index (χ0n) is 14.9. The standard InChI is InChI=1S/C19H36Si/c1-11-14-15-16(4)20(18(5,6)7,19(8,9)10)17(12-2)13-3/h11-13,16-17H,1-3,14-15H2,4-10H3/t16-/m0/s1. The first-order valence-corrected chi connectivity index (χ1v) is 10.0. The van der Waals surface area contributed by atoms with Crippen LogP contribution in [-0.4, -0.2) is 8.07 Å². The third-order valence-electron chi connectivity index (χ3n) is 5.10. The molecular formula is C19H36Si. The Morgan fingerprint density at radius 2 is 1.30 bits per heavy atom. The summed E-state index contributed by atoms with van der Waals surface area (Å²) in [6, 6.07) is 0. The van der Waals surface area contributed by atoms with E-state index >= 15 is 0 Å². The Kier molecular flexibility index (Phi) is 6.74. The maximum absolute atomic E-state index is 4.13. The van der Waals surface area contributed by atoms with Crippen molar-refractivity contribution in [1.29, 1.82) is 0 Å². The zero-order valence-corrected chi connectivity index (χ0v) is 15.9. The Bertz CT molecular complexity index is 316. The van der Waals surface area contributed by atoms with Crippen molar-refractivity contribution < 1.29 is 0 Å². The number of hydrogen-bond donors (Lipinski definition) is 0. The third-order valence-corrected chi connectivity index (χ3v) is 13.4. The summed E-state index contributed by atoms with van der Waals surface area (Å²) < 4.78 is 0. The molecule has 0 amide bonds. The Balaban J connectivity index is 6.14. The molecule has 0 heterocycles. The Morgan fingerprint density at radius 3 is 1.55 bits per heavy atom. The van der Waals surface area contributed by atoms with Gasteiger partial charge in [-0.3, -0.25) is 0 Å². The first kappa shape index (κ1) is 19.4. The maximum atomic E-state index is 4.13. The highest BCUT2D eigenvalue weighted by atomic mass is 28.3. The van der Waals surface area contributed by atoms with E-state index in [4.69, 9.17) is 0 Å². The number of hydrogen-bond acceptors (Lipinski definition) is 0. The van der Waals surface area contributed by atoms with Crippen molar-refractivity contribution in [3.63, 3.8) is 0 Å². The summed E-state index contributed by atoms with van der Waals surface area (Å²) in [6.07, 6.45) is 8.68. The lowest BCUT2D eigenvalue weighted by molar-refractivity contribution is 0.556. The van der Waals surface area contributed by atoms with Crippen molar-refractivity contribution >= 4 is 8.07 Å². The summed E-state index contributed by atoms with van der Waals surface area (Å²) in [5.41, 5.74) is 1.16. The molecule has 0 aromatic heterocycles. The van der Waals surface area contributed by atoms with Gasteiger partial charge in [-0.15, -0.1) is 19.7 Å². The van der Waals surface area contributed by atoms with Crippen LogP contribution in [0.1, 0.15) is 61.3 Å². The fraction of sp³-hybridized carbons (Fsp3) is 0.684. The van der Waals surface area contributed by atoms with E-state index in [2.05, 4.69) is 86.4 Å². The van der Waals surface area contributed by atoms with Gasteiger partial charge in [-0.05, 0) is 34.0 Å². The van der Waals surface area contributed by atoms with Crippen molar-refractivity contribution in [2.75, 3.05) is 0 Å². The maximum Gasteiger partial charge on any atom is 0.0782 e. The second-order valence-corrected chi connectivity index (χ2v) is 14.5.